The van der Waals surface area contributed by atoms with Crippen molar-refractivity contribution in [3.63, 3.8) is 0 Å². The molecule has 8 nitrogen and oxygen atoms in total. The smallest absolute Gasteiger partial charge is 0.257 e. The lowest BCUT2D eigenvalue weighted by Crippen LogP contribution is -2.38. The summed E-state index contributed by atoms with van der Waals surface area (Å²) in [6.07, 6.45) is 4.34. The quantitative estimate of drug-likeness (QED) is 0.525. The van der Waals surface area contributed by atoms with E-state index in [9.17, 15) is 18.0 Å². The topological polar surface area (TPSA) is 99.7 Å². The van der Waals surface area contributed by atoms with Crippen molar-refractivity contribution >= 4 is 33.2 Å². The van der Waals surface area contributed by atoms with Gasteiger partial charge in [-0.05, 0) is 73.2 Å². The molecule has 1 N–H and O–H groups in total. The molecule has 1 aromatic heterocycles. The average Bonchev–Trinajstić information content (AvgIpc) is 2.89. The highest BCUT2D eigenvalue weighted by Gasteiger charge is 2.25. The van der Waals surface area contributed by atoms with Gasteiger partial charge in [-0.15, -0.1) is 0 Å². The Balaban J connectivity index is 1.40. The molecule has 2 amide bonds. The number of carbonyl (C=O) groups is 2. The standard InChI is InChI=1S/C28H32N4O4S/c1-19-5-6-22(17-25(19)30-27(33)23-9-12-26(29-18-23)31(2)3)28(34)32-15-13-21(14-16-32)20-7-10-24(11-8-20)37(4,35)36/h5-12,17-18,21H,13-16H2,1-4H3,(H,30,33). The maximum absolute atomic E-state index is 13.3. The van der Waals surface area contributed by atoms with Gasteiger partial charge in [-0.2, -0.15) is 0 Å². The Morgan fingerprint density at radius 2 is 1.62 bits per heavy atom. The first-order chi connectivity index (χ1) is 17.5. The molecule has 0 radical (unpaired) electrons. The van der Waals surface area contributed by atoms with Crippen LogP contribution >= 0.6 is 0 Å². The number of amides is 2. The van der Waals surface area contributed by atoms with Gasteiger partial charge in [0.2, 0.25) is 0 Å². The Morgan fingerprint density at radius 3 is 2.19 bits per heavy atom. The number of rotatable bonds is 6. The lowest BCUT2D eigenvalue weighted by atomic mass is 9.89. The molecule has 2 aromatic carbocycles. The molecule has 0 unspecified atom stereocenters. The summed E-state index contributed by atoms with van der Waals surface area (Å²) >= 11 is 0. The zero-order valence-electron chi connectivity index (χ0n) is 21.6. The van der Waals surface area contributed by atoms with Crippen LogP contribution in [0.3, 0.4) is 0 Å². The van der Waals surface area contributed by atoms with Gasteiger partial charge in [-0.3, -0.25) is 9.59 Å². The molecule has 0 bridgehead atoms. The third kappa shape index (κ3) is 6.17. The van der Waals surface area contributed by atoms with E-state index in [1.807, 2.05) is 49.0 Å². The summed E-state index contributed by atoms with van der Waals surface area (Å²) in [7, 11) is 0.547. The van der Waals surface area contributed by atoms with Gasteiger partial charge in [0.25, 0.3) is 11.8 Å². The zero-order chi connectivity index (χ0) is 26.7. The Morgan fingerprint density at radius 1 is 0.973 bits per heavy atom. The Kier molecular flexibility index (Phi) is 7.63. The van der Waals surface area contributed by atoms with Crippen molar-refractivity contribution in [2.75, 3.05) is 43.7 Å². The van der Waals surface area contributed by atoms with Gasteiger partial charge in [0.05, 0.1) is 10.5 Å². The molecule has 0 atom stereocenters. The summed E-state index contributed by atoms with van der Waals surface area (Å²) in [4.78, 5) is 34.3. The van der Waals surface area contributed by atoms with Crippen LogP contribution in [-0.2, 0) is 9.84 Å². The second kappa shape index (κ2) is 10.7. The fraction of sp³-hybridized carbons (Fsp3) is 0.321. The van der Waals surface area contributed by atoms with Gasteiger partial charge in [0, 0.05) is 50.9 Å². The first-order valence-electron chi connectivity index (χ1n) is 12.2. The number of piperidine rings is 1. The van der Waals surface area contributed by atoms with E-state index < -0.39 is 9.84 Å². The van der Waals surface area contributed by atoms with E-state index >= 15 is 0 Å². The predicted octanol–water partition coefficient (Wildman–Crippen LogP) is 4.13. The lowest BCUT2D eigenvalue weighted by molar-refractivity contribution is 0.0712. The number of hydrogen-bond donors (Lipinski definition) is 1. The predicted molar refractivity (Wildman–Crippen MR) is 145 cm³/mol. The monoisotopic (exact) mass is 520 g/mol. The van der Waals surface area contributed by atoms with E-state index in [0.717, 1.165) is 29.8 Å². The van der Waals surface area contributed by atoms with Crippen molar-refractivity contribution in [2.45, 2.75) is 30.6 Å². The third-order valence-corrected chi connectivity index (χ3v) is 7.89. The molecule has 4 rings (SSSR count). The number of aryl methyl sites for hydroxylation is 1. The minimum atomic E-state index is -3.22. The molecule has 2 heterocycles. The van der Waals surface area contributed by atoms with Crippen LogP contribution in [0.5, 0.6) is 0 Å². The first kappa shape index (κ1) is 26.3. The number of anilines is 2. The van der Waals surface area contributed by atoms with Crippen molar-refractivity contribution in [1.29, 1.82) is 0 Å². The molecule has 1 aliphatic rings. The van der Waals surface area contributed by atoms with Gasteiger partial charge in [0.1, 0.15) is 5.82 Å². The molecule has 3 aromatic rings. The van der Waals surface area contributed by atoms with Gasteiger partial charge < -0.3 is 15.1 Å². The molecule has 0 aliphatic carbocycles. The third-order valence-electron chi connectivity index (χ3n) is 6.76. The molecule has 194 valence electrons. The second-order valence-corrected chi connectivity index (χ2v) is 11.7. The van der Waals surface area contributed by atoms with Gasteiger partial charge >= 0.3 is 0 Å². The van der Waals surface area contributed by atoms with E-state index in [2.05, 4.69) is 10.3 Å². The van der Waals surface area contributed by atoms with Crippen LogP contribution in [-0.4, -0.2) is 63.6 Å². The largest absolute Gasteiger partial charge is 0.363 e. The van der Waals surface area contributed by atoms with Crippen molar-refractivity contribution in [3.05, 3.63) is 83.0 Å². The fourth-order valence-electron chi connectivity index (χ4n) is 4.45. The molecule has 1 aliphatic heterocycles. The van der Waals surface area contributed by atoms with Crippen LogP contribution in [0.25, 0.3) is 0 Å². The summed E-state index contributed by atoms with van der Waals surface area (Å²) < 4.78 is 23.4. The van der Waals surface area contributed by atoms with Crippen molar-refractivity contribution < 1.29 is 18.0 Å². The fourth-order valence-corrected chi connectivity index (χ4v) is 5.09. The number of benzene rings is 2. The van der Waals surface area contributed by atoms with E-state index in [1.165, 1.54) is 12.5 Å². The summed E-state index contributed by atoms with van der Waals surface area (Å²) in [5.74, 6) is 0.680. The van der Waals surface area contributed by atoms with E-state index in [4.69, 9.17) is 0 Å². The first-order valence-corrected chi connectivity index (χ1v) is 14.1. The number of sulfone groups is 1. The van der Waals surface area contributed by atoms with Gasteiger partial charge in [0.15, 0.2) is 9.84 Å². The van der Waals surface area contributed by atoms with Gasteiger partial charge in [-0.25, -0.2) is 13.4 Å². The average molecular weight is 521 g/mol. The van der Waals surface area contributed by atoms with E-state index in [1.54, 1.807) is 36.4 Å². The SMILES string of the molecule is Cc1ccc(C(=O)N2CCC(c3ccc(S(C)(=O)=O)cc3)CC2)cc1NC(=O)c1ccc(N(C)C)nc1. The normalized spacial score (nSPS) is 14.3. The van der Waals surface area contributed by atoms with Crippen LogP contribution in [0.1, 0.15) is 50.6 Å². The highest BCUT2D eigenvalue weighted by Crippen LogP contribution is 2.30. The minimum Gasteiger partial charge on any atom is -0.363 e. The highest BCUT2D eigenvalue weighted by molar-refractivity contribution is 7.90. The van der Waals surface area contributed by atoms with Crippen LogP contribution in [0.15, 0.2) is 65.7 Å². The Bertz CT molecular complexity index is 1390. The number of hydrogen-bond acceptors (Lipinski definition) is 6. The molecular formula is C28H32N4O4S. The summed E-state index contributed by atoms with van der Waals surface area (Å²) in [6, 6.07) is 15.9. The van der Waals surface area contributed by atoms with E-state index in [0.29, 0.717) is 34.8 Å². The Hall–Kier alpha value is -3.72. The molecule has 0 saturated carbocycles. The maximum atomic E-state index is 13.3. The molecule has 1 saturated heterocycles. The zero-order valence-corrected chi connectivity index (χ0v) is 22.4. The van der Waals surface area contributed by atoms with Crippen molar-refractivity contribution in [3.8, 4) is 0 Å². The van der Waals surface area contributed by atoms with Crippen LogP contribution in [0.4, 0.5) is 11.5 Å². The number of nitrogens with one attached hydrogen (secondary N) is 1. The van der Waals surface area contributed by atoms with Crippen LogP contribution < -0.4 is 10.2 Å². The summed E-state index contributed by atoms with van der Waals surface area (Å²) in [6.45, 7) is 3.10. The molecule has 9 heteroatoms. The molecule has 1 fully saturated rings. The van der Waals surface area contributed by atoms with Crippen LogP contribution in [0.2, 0.25) is 0 Å². The van der Waals surface area contributed by atoms with Crippen molar-refractivity contribution in [1.82, 2.24) is 9.88 Å². The van der Waals surface area contributed by atoms with Crippen molar-refractivity contribution in [2.24, 2.45) is 0 Å². The number of carbonyl (C=O) groups excluding carboxylic acids is 2. The number of likely N-dealkylation sites (tertiary alicyclic amines) is 1. The minimum absolute atomic E-state index is 0.0709. The highest BCUT2D eigenvalue weighted by atomic mass is 32.2. The lowest BCUT2D eigenvalue weighted by Gasteiger charge is -2.32. The number of pyridine rings is 1. The van der Waals surface area contributed by atoms with E-state index in [-0.39, 0.29) is 17.7 Å². The maximum Gasteiger partial charge on any atom is 0.257 e. The van der Waals surface area contributed by atoms with Gasteiger partial charge in [-0.1, -0.05) is 18.2 Å². The molecule has 0 spiro atoms. The Labute approximate surface area is 218 Å². The molecular weight excluding hydrogens is 488 g/mol. The summed E-state index contributed by atoms with van der Waals surface area (Å²) in [5.41, 5.74) is 3.51. The second-order valence-electron chi connectivity index (χ2n) is 9.69. The summed E-state index contributed by atoms with van der Waals surface area (Å²) in [5, 5.41) is 2.91. The molecule has 37 heavy (non-hydrogen) atoms. The number of aromatic nitrogens is 1. The number of nitrogens with zero attached hydrogens (tertiary/aromatic N) is 3. The van der Waals surface area contributed by atoms with Crippen LogP contribution in [0, 0.1) is 6.92 Å².